The molecule has 2 aromatic carbocycles. The number of nitrogens with zero attached hydrogens (tertiary/aromatic N) is 1. The molecule has 3 rings (SSSR count). The number of aromatic hydroxyl groups is 1. The van der Waals surface area contributed by atoms with Crippen LogP contribution in [0.1, 0.15) is 12.5 Å². The lowest BCUT2D eigenvalue weighted by Crippen LogP contribution is -2.08. The highest BCUT2D eigenvalue weighted by Crippen LogP contribution is 2.35. The number of nitrogens with one attached hydrogen (secondary N) is 2. The molecule has 0 unspecified atom stereocenters. The Hall–Kier alpha value is -2.95. The Kier molecular flexibility index (Phi) is 3.93. The molecular formula is C19H21N3O2. The minimum Gasteiger partial charge on any atom is -0.506 e. The first-order chi connectivity index (χ1) is 11.4. The molecule has 5 heteroatoms. The second-order valence-electron chi connectivity index (χ2n) is 6.16. The van der Waals surface area contributed by atoms with Gasteiger partial charge in [-0.3, -0.25) is 4.79 Å². The van der Waals surface area contributed by atoms with Gasteiger partial charge in [0.2, 0.25) is 5.91 Å². The molecule has 1 aromatic heterocycles. The molecule has 5 nitrogen and oxygen atoms in total. The zero-order valence-electron chi connectivity index (χ0n) is 14.3. The van der Waals surface area contributed by atoms with Gasteiger partial charge in [-0.1, -0.05) is 0 Å². The molecule has 0 bridgehead atoms. The summed E-state index contributed by atoms with van der Waals surface area (Å²) in [7, 11) is 3.80. The number of H-pyrrole nitrogens is 1. The molecule has 0 saturated carbocycles. The number of carbonyl (C=O) groups excluding carboxylic acids is 1. The molecule has 24 heavy (non-hydrogen) atoms. The van der Waals surface area contributed by atoms with Crippen LogP contribution in [0.5, 0.6) is 5.75 Å². The van der Waals surface area contributed by atoms with Gasteiger partial charge in [0.1, 0.15) is 5.75 Å². The summed E-state index contributed by atoms with van der Waals surface area (Å²) < 4.78 is 0. The van der Waals surface area contributed by atoms with Crippen LogP contribution >= 0.6 is 0 Å². The standard InChI is InChI=1S/C19H21N3O2/c1-11-15-10-14(20-12(2)23)6-7-16(15)21-19(11)13-5-8-18(24)17(9-13)22(3)4/h5-10,21,24H,1-4H3,(H,20,23). The summed E-state index contributed by atoms with van der Waals surface area (Å²) in [6.45, 7) is 3.55. The van der Waals surface area contributed by atoms with Crippen LogP contribution in [0.3, 0.4) is 0 Å². The topological polar surface area (TPSA) is 68.4 Å². The van der Waals surface area contributed by atoms with Crippen molar-refractivity contribution >= 4 is 28.2 Å². The summed E-state index contributed by atoms with van der Waals surface area (Å²) in [5.74, 6) is 0.169. The SMILES string of the molecule is CC(=O)Nc1ccc2[nH]c(-c3ccc(O)c(N(C)C)c3)c(C)c2c1. The number of aryl methyl sites for hydroxylation is 1. The lowest BCUT2D eigenvalue weighted by Gasteiger charge is -2.15. The maximum absolute atomic E-state index is 11.2. The number of phenolic OH excluding ortho intramolecular Hbond substituents is 1. The van der Waals surface area contributed by atoms with E-state index in [0.717, 1.165) is 39.1 Å². The van der Waals surface area contributed by atoms with Crippen LogP contribution < -0.4 is 10.2 Å². The van der Waals surface area contributed by atoms with Crippen molar-refractivity contribution < 1.29 is 9.90 Å². The van der Waals surface area contributed by atoms with E-state index in [1.165, 1.54) is 6.92 Å². The van der Waals surface area contributed by atoms with Crippen LogP contribution in [-0.2, 0) is 4.79 Å². The molecule has 0 aliphatic rings. The second kappa shape index (κ2) is 5.92. The number of aromatic amines is 1. The van der Waals surface area contributed by atoms with Crippen molar-refractivity contribution in [1.29, 1.82) is 0 Å². The molecule has 3 aromatic rings. The quantitative estimate of drug-likeness (QED) is 0.685. The molecule has 0 radical (unpaired) electrons. The fraction of sp³-hybridized carbons (Fsp3) is 0.211. The van der Waals surface area contributed by atoms with Crippen molar-refractivity contribution in [2.24, 2.45) is 0 Å². The Balaban J connectivity index is 2.12. The zero-order chi connectivity index (χ0) is 17.4. The maximum Gasteiger partial charge on any atom is 0.221 e. The van der Waals surface area contributed by atoms with E-state index >= 15 is 0 Å². The van der Waals surface area contributed by atoms with E-state index in [4.69, 9.17) is 0 Å². The van der Waals surface area contributed by atoms with Gasteiger partial charge in [0, 0.05) is 48.9 Å². The summed E-state index contributed by atoms with van der Waals surface area (Å²) in [5.41, 5.74) is 5.68. The zero-order valence-corrected chi connectivity index (χ0v) is 14.3. The fourth-order valence-corrected chi connectivity index (χ4v) is 2.93. The Bertz CT molecular complexity index is 926. The van der Waals surface area contributed by atoms with Crippen LogP contribution in [-0.4, -0.2) is 30.1 Å². The van der Waals surface area contributed by atoms with E-state index < -0.39 is 0 Å². The normalized spacial score (nSPS) is 10.8. The number of hydrogen-bond donors (Lipinski definition) is 3. The van der Waals surface area contributed by atoms with Gasteiger partial charge < -0.3 is 20.3 Å². The number of hydrogen-bond acceptors (Lipinski definition) is 3. The van der Waals surface area contributed by atoms with Crippen LogP contribution in [0.2, 0.25) is 0 Å². The number of phenols is 1. The van der Waals surface area contributed by atoms with Crippen LogP contribution in [0.4, 0.5) is 11.4 Å². The molecule has 0 aliphatic carbocycles. The molecule has 124 valence electrons. The Morgan fingerprint density at radius 1 is 1.17 bits per heavy atom. The third-order valence-corrected chi connectivity index (χ3v) is 4.12. The van der Waals surface area contributed by atoms with Gasteiger partial charge in [-0.05, 0) is 48.9 Å². The van der Waals surface area contributed by atoms with Crippen LogP contribution in [0, 0.1) is 6.92 Å². The molecule has 0 spiro atoms. The van der Waals surface area contributed by atoms with Gasteiger partial charge in [0.05, 0.1) is 5.69 Å². The number of benzene rings is 2. The highest BCUT2D eigenvalue weighted by Gasteiger charge is 2.13. The molecule has 1 amide bonds. The van der Waals surface area contributed by atoms with Gasteiger partial charge in [0.15, 0.2) is 0 Å². The summed E-state index contributed by atoms with van der Waals surface area (Å²) in [6.07, 6.45) is 0. The number of anilines is 2. The van der Waals surface area contributed by atoms with E-state index in [0.29, 0.717) is 0 Å². The monoisotopic (exact) mass is 323 g/mol. The number of amides is 1. The smallest absolute Gasteiger partial charge is 0.221 e. The minimum atomic E-state index is -0.0862. The van der Waals surface area contributed by atoms with Crippen molar-refractivity contribution in [3.05, 3.63) is 42.0 Å². The summed E-state index contributed by atoms with van der Waals surface area (Å²) >= 11 is 0. The molecule has 0 fully saturated rings. The lowest BCUT2D eigenvalue weighted by molar-refractivity contribution is -0.114. The summed E-state index contributed by atoms with van der Waals surface area (Å²) in [5, 5.41) is 13.9. The van der Waals surface area contributed by atoms with Gasteiger partial charge in [0.25, 0.3) is 0 Å². The second-order valence-corrected chi connectivity index (χ2v) is 6.16. The molecule has 1 heterocycles. The predicted octanol–water partition coefficient (Wildman–Crippen LogP) is 3.87. The van der Waals surface area contributed by atoms with Crippen molar-refractivity contribution in [3.8, 4) is 17.0 Å². The first-order valence-corrected chi connectivity index (χ1v) is 7.77. The average molecular weight is 323 g/mol. The van der Waals surface area contributed by atoms with Gasteiger partial charge in [-0.25, -0.2) is 0 Å². The highest BCUT2D eigenvalue weighted by molar-refractivity contribution is 5.96. The highest BCUT2D eigenvalue weighted by atomic mass is 16.3. The van der Waals surface area contributed by atoms with Crippen molar-refractivity contribution in [3.63, 3.8) is 0 Å². The number of aromatic nitrogens is 1. The average Bonchev–Trinajstić information content (AvgIpc) is 2.84. The summed E-state index contributed by atoms with van der Waals surface area (Å²) in [6, 6.07) is 11.4. The summed E-state index contributed by atoms with van der Waals surface area (Å²) in [4.78, 5) is 16.6. The number of fused-ring (bicyclic) bond motifs is 1. The first-order valence-electron chi connectivity index (χ1n) is 7.77. The third kappa shape index (κ3) is 2.80. The van der Waals surface area contributed by atoms with E-state index in [9.17, 15) is 9.90 Å². The van der Waals surface area contributed by atoms with E-state index in [-0.39, 0.29) is 11.7 Å². The number of carbonyl (C=O) groups is 1. The molecule has 0 aliphatic heterocycles. The van der Waals surface area contributed by atoms with E-state index in [2.05, 4.69) is 10.3 Å². The lowest BCUT2D eigenvalue weighted by atomic mass is 10.0. The van der Waals surface area contributed by atoms with E-state index in [1.54, 1.807) is 6.07 Å². The van der Waals surface area contributed by atoms with E-state index in [1.807, 2.05) is 56.3 Å². The van der Waals surface area contributed by atoms with Crippen molar-refractivity contribution in [1.82, 2.24) is 4.98 Å². The minimum absolute atomic E-state index is 0.0862. The Morgan fingerprint density at radius 3 is 2.58 bits per heavy atom. The Morgan fingerprint density at radius 2 is 1.92 bits per heavy atom. The molecule has 0 atom stereocenters. The van der Waals surface area contributed by atoms with Gasteiger partial charge in [-0.2, -0.15) is 0 Å². The Labute approximate surface area is 140 Å². The molecular weight excluding hydrogens is 302 g/mol. The predicted molar refractivity (Wildman–Crippen MR) is 98.8 cm³/mol. The third-order valence-electron chi connectivity index (χ3n) is 4.12. The van der Waals surface area contributed by atoms with Crippen molar-refractivity contribution in [2.45, 2.75) is 13.8 Å². The van der Waals surface area contributed by atoms with Gasteiger partial charge >= 0.3 is 0 Å². The van der Waals surface area contributed by atoms with Crippen LogP contribution in [0.25, 0.3) is 22.2 Å². The largest absolute Gasteiger partial charge is 0.506 e. The maximum atomic E-state index is 11.2. The van der Waals surface area contributed by atoms with Crippen LogP contribution in [0.15, 0.2) is 36.4 Å². The number of rotatable bonds is 3. The fourth-order valence-electron chi connectivity index (χ4n) is 2.93. The van der Waals surface area contributed by atoms with Crippen molar-refractivity contribution in [2.75, 3.05) is 24.3 Å². The molecule has 3 N–H and O–H groups in total. The van der Waals surface area contributed by atoms with Gasteiger partial charge in [-0.15, -0.1) is 0 Å². The molecule has 0 saturated heterocycles. The first kappa shape index (κ1) is 15.9.